The van der Waals surface area contributed by atoms with Crippen LogP contribution in [0.1, 0.15) is 11.1 Å². The van der Waals surface area contributed by atoms with Gasteiger partial charge in [0, 0.05) is 18.5 Å². The summed E-state index contributed by atoms with van der Waals surface area (Å²) in [4.78, 5) is 0. The molecule has 0 saturated carbocycles. The lowest BCUT2D eigenvalue weighted by Crippen LogP contribution is -2.13. The van der Waals surface area contributed by atoms with Gasteiger partial charge in [-0.15, -0.1) is 0 Å². The lowest BCUT2D eigenvalue weighted by molar-refractivity contribution is 0.352. The number of fused-ring (bicyclic) bond motifs is 1. The van der Waals surface area contributed by atoms with E-state index in [0.717, 1.165) is 44.7 Å². The third-order valence-corrected chi connectivity index (χ3v) is 4.47. The number of hydrogen-bond donors (Lipinski definition) is 1. The largest absolute Gasteiger partial charge is 0.493 e. The molecule has 0 radical (unpaired) electrons. The predicted octanol–water partition coefficient (Wildman–Crippen LogP) is 4.34. The van der Waals surface area contributed by atoms with Crippen molar-refractivity contribution in [3.63, 3.8) is 0 Å². The molecule has 120 valence electrons. The Morgan fingerprint density at radius 2 is 1.83 bits per heavy atom. The highest BCUT2D eigenvalue weighted by molar-refractivity contribution is 14.1. The van der Waals surface area contributed by atoms with Gasteiger partial charge in [-0.1, -0.05) is 12.1 Å². The fraction of sp³-hybridized carbons (Fsp3) is 0.222. The zero-order valence-electron chi connectivity index (χ0n) is 13.1. The van der Waals surface area contributed by atoms with E-state index in [9.17, 15) is 0 Å². The molecule has 0 amide bonds. The van der Waals surface area contributed by atoms with Crippen molar-refractivity contribution in [1.29, 1.82) is 0 Å². The Bertz CT molecular complexity index is 813. The summed E-state index contributed by atoms with van der Waals surface area (Å²) in [5.74, 6) is 1.54. The summed E-state index contributed by atoms with van der Waals surface area (Å²) < 4.78 is 17.2. The summed E-state index contributed by atoms with van der Waals surface area (Å²) in [6.45, 7) is 1.54. The average Bonchev–Trinajstić information content (AvgIpc) is 3.02. The first-order chi connectivity index (χ1) is 11.2. The van der Waals surface area contributed by atoms with Crippen LogP contribution in [-0.2, 0) is 13.1 Å². The molecular formula is C18H18INO3. The van der Waals surface area contributed by atoms with Gasteiger partial charge in [-0.25, -0.2) is 0 Å². The van der Waals surface area contributed by atoms with Crippen LogP contribution in [0.3, 0.4) is 0 Å². The van der Waals surface area contributed by atoms with Gasteiger partial charge in [-0.2, -0.15) is 0 Å². The van der Waals surface area contributed by atoms with Crippen LogP contribution >= 0.6 is 22.6 Å². The highest BCUT2D eigenvalue weighted by atomic mass is 127. The number of nitrogens with one attached hydrogen (secondary N) is 1. The summed E-state index contributed by atoms with van der Waals surface area (Å²) in [5.41, 5.74) is 3.28. The van der Waals surface area contributed by atoms with Crippen molar-refractivity contribution in [3.05, 3.63) is 57.4 Å². The highest BCUT2D eigenvalue weighted by Gasteiger charge is 2.10. The Morgan fingerprint density at radius 3 is 2.61 bits per heavy atom. The monoisotopic (exact) mass is 423 g/mol. The molecule has 2 aromatic carbocycles. The standard InChI is InChI=1S/C18H18INO3/c1-21-17-9-13(7-15(19)18(17)22-2)11-20-10-12-3-4-14-5-6-23-16(14)8-12/h3-9,20H,10-11H2,1-2H3. The molecule has 0 spiro atoms. The van der Waals surface area contributed by atoms with E-state index in [0.29, 0.717) is 0 Å². The van der Waals surface area contributed by atoms with Crippen LogP contribution in [0.4, 0.5) is 0 Å². The van der Waals surface area contributed by atoms with Gasteiger partial charge in [-0.3, -0.25) is 0 Å². The maximum absolute atomic E-state index is 5.44. The van der Waals surface area contributed by atoms with E-state index in [4.69, 9.17) is 13.9 Å². The Labute approximate surface area is 148 Å². The van der Waals surface area contributed by atoms with Crippen LogP contribution in [0.5, 0.6) is 11.5 Å². The average molecular weight is 423 g/mol. The van der Waals surface area contributed by atoms with Crippen LogP contribution in [0, 0.1) is 3.57 Å². The van der Waals surface area contributed by atoms with Crippen molar-refractivity contribution in [2.75, 3.05) is 14.2 Å². The molecule has 4 nitrogen and oxygen atoms in total. The Morgan fingerprint density at radius 1 is 1.00 bits per heavy atom. The van der Waals surface area contributed by atoms with Crippen LogP contribution in [0.15, 0.2) is 47.1 Å². The van der Waals surface area contributed by atoms with Crippen molar-refractivity contribution in [3.8, 4) is 11.5 Å². The second kappa shape index (κ2) is 7.23. The van der Waals surface area contributed by atoms with Crippen molar-refractivity contribution >= 4 is 33.6 Å². The van der Waals surface area contributed by atoms with Crippen molar-refractivity contribution in [2.45, 2.75) is 13.1 Å². The fourth-order valence-corrected chi connectivity index (χ4v) is 3.42. The molecule has 0 atom stereocenters. The van der Waals surface area contributed by atoms with E-state index in [-0.39, 0.29) is 0 Å². The highest BCUT2D eigenvalue weighted by Crippen LogP contribution is 2.33. The maximum Gasteiger partial charge on any atom is 0.174 e. The SMILES string of the molecule is COc1cc(CNCc2ccc3ccoc3c2)cc(I)c1OC. The number of methoxy groups -OCH3 is 2. The number of ether oxygens (including phenoxy) is 2. The van der Waals surface area contributed by atoms with E-state index in [1.165, 1.54) is 5.56 Å². The first-order valence-electron chi connectivity index (χ1n) is 7.28. The van der Waals surface area contributed by atoms with Gasteiger partial charge >= 0.3 is 0 Å². The number of benzene rings is 2. The quantitative estimate of drug-likeness (QED) is 0.599. The molecule has 3 rings (SSSR count). The molecule has 0 unspecified atom stereocenters. The molecule has 1 N–H and O–H groups in total. The lowest BCUT2D eigenvalue weighted by Gasteiger charge is -2.12. The Balaban J connectivity index is 1.67. The number of halogens is 1. The van der Waals surface area contributed by atoms with Gasteiger partial charge in [0.2, 0.25) is 0 Å². The molecule has 0 bridgehead atoms. The zero-order chi connectivity index (χ0) is 16.2. The zero-order valence-corrected chi connectivity index (χ0v) is 15.2. The summed E-state index contributed by atoms with van der Waals surface area (Å²) >= 11 is 2.26. The molecule has 1 aromatic heterocycles. The first-order valence-corrected chi connectivity index (χ1v) is 8.36. The van der Waals surface area contributed by atoms with Crippen molar-refractivity contribution in [2.24, 2.45) is 0 Å². The minimum Gasteiger partial charge on any atom is -0.493 e. The number of furan rings is 1. The van der Waals surface area contributed by atoms with Gasteiger partial charge in [0.25, 0.3) is 0 Å². The summed E-state index contributed by atoms with van der Waals surface area (Å²) in [7, 11) is 3.31. The summed E-state index contributed by atoms with van der Waals surface area (Å²) in [6.07, 6.45) is 1.72. The van der Waals surface area contributed by atoms with Crippen LogP contribution in [0.2, 0.25) is 0 Å². The molecule has 0 fully saturated rings. The van der Waals surface area contributed by atoms with Gasteiger partial charge in [0.05, 0.1) is 24.1 Å². The topological polar surface area (TPSA) is 43.6 Å². The molecule has 0 aliphatic rings. The third-order valence-electron chi connectivity index (χ3n) is 3.67. The number of hydrogen-bond acceptors (Lipinski definition) is 4. The lowest BCUT2D eigenvalue weighted by atomic mass is 10.1. The molecular weight excluding hydrogens is 405 g/mol. The minimum absolute atomic E-state index is 0.756. The van der Waals surface area contributed by atoms with Crippen LogP contribution in [-0.4, -0.2) is 14.2 Å². The molecule has 23 heavy (non-hydrogen) atoms. The van der Waals surface area contributed by atoms with Crippen LogP contribution < -0.4 is 14.8 Å². The van der Waals surface area contributed by atoms with E-state index >= 15 is 0 Å². The van der Waals surface area contributed by atoms with E-state index < -0.39 is 0 Å². The van der Waals surface area contributed by atoms with E-state index in [1.807, 2.05) is 12.1 Å². The molecule has 0 aliphatic heterocycles. The third kappa shape index (κ3) is 3.61. The second-order valence-electron chi connectivity index (χ2n) is 5.21. The maximum atomic E-state index is 5.44. The van der Waals surface area contributed by atoms with E-state index in [2.05, 4.69) is 52.2 Å². The Kier molecular flexibility index (Phi) is 5.07. The predicted molar refractivity (Wildman–Crippen MR) is 99.0 cm³/mol. The van der Waals surface area contributed by atoms with Gasteiger partial charge < -0.3 is 19.2 Å². The second-order valence-corrected chi connectivity index (χ2v) is 6.37. The van der Waals surface area contributed by atoms with Crippen molar-refractivity contribution < 1.29 is 13.9 Å². The molecule has 3 aromatic rings. The summed E-state index contributed by atoms with van der Waals surface area (Å²) in [6, 6.07) is 12.3. The smallest absolute Gasteiger partial charge is 0.174 e. The van der Waals surface area contributed by atoms with Gasteiger partial charge in [0.15, 0.2) is 11.5 Å². The van der Waals surface area contributed by atoms with E-state index in [1.54, 1.807) is 20.5 Å². The molecule has 0 aliphatic carbocycles. The number of rotatable bonds is 6. The Hall–Kier alpha value is -1.73. The molecule has 0 saturated heterocycles. The minimum atomic E-state index is 0.756. The normalized spacial score (nSPS) is 10.9. The fourth-order valence-electron chi connectivity index (χ4n) is 2.53. The van der Waals surface area contributed by atoms with Gasteiger partial charge in [0.1, 0.15) is 5.58 Å². The molecule has 5 heteroatoms. The van der Waals surface area contributed by atoms with Crippen LogP contribution in [0.25, 0.3) is 11.0 Å². The first kappa shape index (κ1) is 16.1. The van der Waals surface area contributed by atoms with Gasteiger partial charge in [-0.05, 0) is 58.0 Å². The molecule has 1 heterocycles. The summed E-state index contributed by atoms with van der Waals surface area (Å²) in [5, 5.41) is 4.58. The van der Waals surface area contributed by atoms with Crippen molar-refractivity contribution in [1.82, 2.24) is 5.32 Å².